The molecule has 1 aliphatic rings. The highest BCUT2D eigenvalue weighted by atomic mass is 32.1. The molecule has 0 spiro atoms. The second kappa shape index (κ2) is 9.64. The number of carbonyl (C=O) groups is 1. The molecule has 8 heteroatoms. The zero-order valence-electron chi connectivity index (χ0n) is 19.8. The number of nitrogens with zero attached hydrogens (tertiary/aromatic N) is 1. The van der Waals surface area contributed by atoms with Gasteiger partial charge in [0.15, 0.2) is 16.9 Å². The van der Waals surface area contributed by atoms with E-state index >= 15 is 0 Å². The van der Waals surface area contributed by atoms with Gasteiger partial charge >= 0.3 is 5.97 Å². The molecule has 0 amide bonds. The van der Waals surface area contributed by atoms with Crippen LogP contribution in [0, 0.1) is 5.41 Å². The number of methoxy groups -OCH3 is 1. The number of fused-ring (bicyclic) bond motifs is 3. The second-order valence-electron chi connectivity index (χ2n) is 9.07. The average molecular weight is 484 g/mol. The molecule has 3 heterocycles. The summed E-state index contributed by atoms with van der Waals surface area (Å²) in [6.45, 7) is 6.09. The summed E-state index contributed by atoms with van der Waals surface area (Å²) in [5.41, 5.74) is 1.81. The number of hydrogen-bond donors (Lipinski definition) is 1. The first-order valence-corrected chi connectivity index (χ1v) is 12.1. The fourth-order valence-corrected chi connectivity index (χ4v) is 4.84. The number of hydrogen-bond acceptors (Lipinski definition) is 7. The van der Waals surface area contributed by atoms with Crippen LogP contribution in [-0.2, 0) is 11.2 Å². The molecule has 4 rings (SSSR count). The molecule has 0 saturated carbocycles. The molecule has 180 valence electrons. The van der Waals surface area contributed by atoms with E-state index in [1.807, 2.05) is 42.0 Å². The maximum atomic E-state index is 12.9. The van der Waals surface area contributed by atoms with Crippen LogP contribution in [0.2, 0.25) is 0 Å². The number of benzene rings is 1. The molecule has 34 heavy (non-hydrogen) atoms. The van der Waals surface area contributed by atoms with Crippen LogP contribution in [0.4, 0.5) is 0 Å². The van der Waals surface area contributed by atoms with Crippen molar-refractivity contribution in [3.8, 4) is 22.8 Å². The average Bonchev–Trinajstić information content (AvgIpc) is 3.36. The van der Waals surface area contributed by atoms with Crippen molar-refractivity contribution >= 4 is 17.3 Å². The van der Waals surface area contributed by atoms with Gasteiger partial charge in [-0.3, -0.25) is 4.79 Å². The Bertz CT molecular complexity index is 1240. The SMILES string of the molecule is CCOC(=O)c1cn2c(cc1=O)-c1cc(OC)c(OCC(C)(C)CO)cc1CC2c1cccs1. The summed E-state index contributed by atoms with van der Waals surface area (Å²) in [6, 6.07) is 9.28. The van der Waals surface area contributed by atoms with Crippen LogP contribution < -0.4 is 14.9 Å². The van der Waals surface area contributed by atoms with Gasteiger partial charge in [0.05, 0.1) is 38.7 Å². The second-order valence-corrected chi connectivity index (χ2v) is 10.1. The van der Waals surface area contributed by atoms with Gasteiger partial charge in [-0.25, -0.2) is 4.79 Å². The van der Waals surface area contributed by atoms with Gasteiger partial charge in [0.2, 0.25) is 0 Å². The molecule has 7 nitrogen and oxygen atoms in total. The highest BCUT2D eigenvalue weighted by molar-refractivity contribution is 7.10. The fourth-order valence-electron chi connectivity index (χ4n) is 4.01. The van der Waals surface area contributed by atoms with Crippen molar-refractivity contribution in [3.63, 3.8) is 0 Å². The molecule has 0 saturated heterocycles. The zero-order chi connectivity index (χ0) is 24.5. The summed E-state index contributed by atoms with van der Waals surface area (Å²) in [5.74, 6) is 0.508. The van der Waals surface area contributed by atoms with E-state index in [9.17, 15) is 14.7 Å². The van der Waals surface area contributed by atoms with E-state index in [1.54, 1.807) is 31.6 Å². The molecule has 3 aromatic rings. The lowest BCUT2D eigenvalue weighted by atomic mass is 9.90. The first-order valence-electron chi connectivity index (χ1n) is 11.2. The van der Waals surface area contributed by atoms with Crippen LogP contribution in [0.5, 0.6) is 11.5 Å². The van der Waals surface area contributed by atoms with Gasteiger partial charge in [0.1, 0.15) is 5.56 Å². The van der Waals surface area contributed by atoms with Crippen LogP contribution in [0.15, 0.2) is 46.7 Å². The van der Waals surface area contributed by atoms with E-state index in [-0.39, 0.29) is 30.2 Å². The summed E-state index contributed by atoms with van der Waals surface area (Å²) >= 11 is 1.63. The van der Waals surface area contributed by atoms with Gasteiger partial charge in [-0.2, -0.15) is 0 Å². The van der Waals surface area contributed by atoms with E-state index < -0.39 is 11.4 Å². The number of rotatable bonds is 8. The zero-order valence-corrected chi connectivity index (χ0v) is 20.6. The van der Waals surface area contributed by atoms with Crippen LogP contribution >= 0.6 is 11.3 Å². The minimum atomic E-state index is -0.619. The lowest BCUT2D eigenvalue weighted by molar-refractivity contribution is 0.0523. The Kier molecular flexibility index (Phi) is 6.81. The monoisotopic (exact) mass is 483 g/mol. The molecule has 1 N–H and O–H groups in total. The smallest absolute Gasteiger partial charge is 0.343 e. The first-order chi connectivity index (χ1) is 16.3. The predicted molar refractivity (Wildman–Crippen MR) is 131 cm³/mol. The number of carbonyl (C=O) groups excluding carboxylic acids is 1. The van der Waals surface area contributed by atoms with Crippen molar-refractivity contribution in [3.05, 3.63) is 68.1 Å². The standard InChI is InChI=1S/C26H29NO6S/c1-5-32-25(30)18-13-27-19(12-21(18)29)17-11-22(31-4)23(33-15-26(2,3)14-28)10-16(17)9-20(27)24-7-6-8-34-24/h6-8,10-13,20,28H,5,9,14-15H2,1-4H3. The Morgan fingerprint density at radius 1 is 1.26 bits per heavy atom. The lowest BCUT2D eigenvalue weighted by Crippen LogP contribution is -2.27. The number of aliphatic hydroxyl groups is 1. The van der Waals surface area contributed by atoms with Gasteiger partial charge in [0.25, 0.3) is 0 Å². The van der Waals surface area contributed by atoms with Crippen LogP contribution in [0.25, 0.3) is 11.3 Å². The van der Waals surface area contributed by atoms with E-state index in [1.165, 1.54) is 6.07 Å². The Morgan fingerprint density at radius 3 is 2.71 bits per heavy atom. The largest absolute Gasteiger partial charge is 0.493 e. The van der Waals surface area contributed by atoms with Crippen molar-refractivity contribution in [2.45, 2.75) is 33.2 Å². The molecule has 0 fully saturated rings. The van der Waals surface area contributed by atoms with Crippen molar-refractivity contribution in [1.82, 2.24) is 4.57 Å². The number of esters is 1. The predicted octanol–water partition coefficient (Wildman–Crippen LogP) is 4.30. The molecular formula is C26H29NO6S. The Balaban J connectivity index is 1.85. The van der Waals surface area contributed by atoms with Crippen LogP contribution in [0.1, 0.15) is 47.6 Å². The third-order valence-corrected chi connectivity index (χ3v) is 6.88. The molecule has 1 aliphatic heterocycles. The Morgan fingerprint density at radius 2 is 2.06 bits per heavy atom. The van der Waals surface area contributed by atoms with Crippen molar-refractivity contribution < 1.29 is 24.1 Å². The minimum Gasteiger partial charge on any atom is -0.493 e. The summed E-state index contributed by atoms with van der Waals surface area (Å²) in [6.07, 6.45) is 2.27. The first kappa shape index (κ1) is 24.0. The van der Waals surface area contributed by atoms with Gasteiger partial charge in [-0.1, -0.05) is 19.9 Å². The third kappa shape index (κ3) is 4.60. The van der Waals surface area contributed by atoms with Crippen LogP contribution in [0.3, 0.4) is 0 Å². The number of aromatic nitrogens is 1. The van der Waals surface area contributed by atoms with Crippen LogP contribution in [-0.4, -0.2) is 42.6 Å². The molecule has 0 bridgehead atoms. The van der Waals surface area contributed by atoms with E-state index in [4.69, 9.17) is 14.2 Å². The summed E-state index contributed by atoms with van der Waals surface area (Å²) in [4.78, 5) is 26.4. The maximum Gasteiger partial charge on any atom is 0.343 e. The van der Waals surface area contributed by atoms with Gasteiger partial charge in [-0.05, 0) is 42.5 Å². The molecule has 1 atom stereocenters. The number of ether oxygens (including phenoxy) is 3. The Labute approximate surface area is 202 Å². The molecule has 1 aromatic carbocycles. The van der Waals surface area contributed by atoms with E-state index in [2.05, 4.69) is 6.07 Å². The van der Waals surface area contributed by atoms with E-state index in [0.29, 0.717) is 30.2 Å². The molecule has 1 unspecified atom stereocenters. The van der Waals surface area contributed by atoms with E-state index in [0.717, 1.165) is 16.0 Å². The van der Waals surface area contributed by atoms with Crippen molar-refractivity contribution in [2.75, 3.05) is 26.9 Å². The number of thiophene rings is 1. The number of pyridine rings is 1. The summed E-state index contributed by atoms with van der Waals surface area (Å²) < 4.78 is 18.7. The summed E-state index contributed by atoms with van der Waals surface area (Å²) in [7, 11) is 1.57. The minimum absolute atomic E-state index is 0.000199. The highest BCUT2D eigenvalue weighted by Gasteiger charge is 2.30. The van der Waals surface area contributed by atoms with Crippen molar-refractivity contribution in [1.29, 1.82) is 0 Å². The fraction of sp³-hybridized carbons (Fsp3) is 0.385. The number of aliphatic hydroxyl groups excluding tert-OH is 1. The Hall–Kier alpha value is -3.10. The van der Waals surface area contributed by atoms with Gasteiger partial charge in [-0.15, -0.1) is 11.3 Å². The van der Waals surface area contributed by atoms with Gasteiger partial charge in [0, 0.05) is 28.1 Å². The lowest BCUT2D eigenvalue weighted by Gasteiger charge is -2.31. The van der Waals surface area contributed by atoms with Crippen molar-refractivity contribution in [2.24, 2.45) is 5.41 Å². The maximum absolute atomic E-state index is 12.9. The molecule has 0 aliphatic carbocycles. The topological polar surface area (TPSA) is 87.0 Å². The van der Waals surface area contributed by atoms with Gasteiger partial charge < -0.3 is 23.9 Å². The normalized spacial score (nSPS) is 14.8. The third-order valence-electron chi connectivity index (χ3n) is 5.91. The molecule has 0 radical (unpaired) electrons. The highest BCUT2D eigenvalue weighted by Crippen LogP contribution is 2.43. The quantitative estimate of drug-likeness (QED) is 0.481. The molecule has 2 aromatic heterocycles. The molecular weight excluding hydrogens is 454 g/mol. The summed E-state index contributed by atoms with van der Waals surface area (Å²) in [5, 5.41) is 11.6.